The van der Waals surface area contributed by atoms with E-state index >= 15 is 0 Å². The Balaban J connectivity index is 1.92. The van der Waals surface area contributed by atoms with Crippen LogP contribution in [0.4, 0.5) is 0 Å². The first-order chi connectivity index (χ1) is 10.1. The third kappa shape index (κ3) is 2.70. The minimum Gasteiger partial charge on any atom is -0.381 e. The molecule has 21 heavy (non-hydrogen) atoms. The highest BCUT2D eigenvalue weighted by Gasteiger charge is 2.45. The van der Waals surface area contributed by atoms with Crippen molar-refractivity contribution in [2.24, 2.45) is 5.73 Å². The molecule has 0 spiro atoms. The second-order valence-electron chi connectivity index (χ2n) is 6.36. The Morgan fingerprint density at radius 2 is 1.95 bits per heavy atom. The van der Waals surface area contributed by atoms with Crippen molar-refractivity contribution in [3.63, 3.8) is 0 Å². The van der Waals surface area contributed by atoms with Crippen LogP contribution in [0.2, 0.25) is 0 Å². The lowest BCUT2D eigenvalue weighted by Gasteiger charge is -2.39. The summed E-state index contributed by atoms with van der Waals surface area (Å²) in [7, 11) is 0. The van der Waals surface area contributed by atoms with E-state index in [0.717, 1.165) is 31.4 Å². The number of hydrogen-bond acceptors (Lipinski definition) is 3. The summed E-state index contributed by atoms with van der Waals surface area (Å²) in [6.07, 6.45) is 2.44. The predicted octanol–water partition coefficient (Wildman–Crippen LogP) is 1.60. The van der Waals surface area contributed by atoms with Gasteiger partial charge in [0, 0.05) is 32.3 Å². The number of carbonyl (C=O) groups excluding carboxylic acids is 1. The SMILES string of the molecule is Cc1ccc(C2(C(=O)N3CCC(N)C3)CCOCC2)cc1. The van der Waals surface area contributed by atoms with E-state index in [9.17, 15) is 4.79 Å². The molecule has 1 unspecified atom stereocenters. The van der Waals surface area contributed by atoms with Crippen molar-refractivity contribution in [1.29, 1.82) is 0 Å². The van der Waals surface area contributed by atoms with Crippen LogP contribution in [0.25, 0.3) is 0 Å². The van der Waals surface area contributed by atoms with E-state index in [-0.39, 0.29) is 11.9 Å². The van der Waals surface area contributed by atoms with Gasteiger partial charge in [-0.05, 0) is 31.7 Å². The molecule has 0 radical (unpaired) electrons. The van der Waals surface area contributed by atoms with Crippen molar-refractivity contribution in [2.75, 3.05) is 26.3 Å². The Labute approximate surface area is 126 Å². The molecule has 4 heteroatoms. The van der Waals surface area contributed by atoms with E-state index in [1.54, 1.807) is 0 Å². The first-order valence-electron chi connectivity index (χ1n) is 7.82. The molecule has 1 aromatic carbocycles. The van der Waals surface area contributed by atoms with Gasteiger partial charge in [-0.2, -0.15) is 0 Å². The van der Waals surface area contributed by atoms with Crippen molar-refractivity contribution < 1.29 is 9.53 Å². The van der Waals surface area contributed by atoms with Crippen LogP contribution in [0.15, 0.2) is 24.3 Å². The van der Waals surface area contributed by atoms with Gasteiger partial charge in [0.15, 0.2) is 0 Å². The van der Waals surface area contributed by atoms with E-state index in [0.29, 0.717) is 19.8 Å². The van der Waals surface area contributed by atoms with Crippen molar-refractivity contribution in [2.45, 2.75) is 37.6 Å². The summed E-state index contributed by atoms with van der Waals surface area (Å²) in [5.41, 5.74) is 7.90. The number of nitrogens with two attached hydrogens (primary N) is 1. The fourth-order valence-electron chi connectivity index (χ4n) is 3.49. The lowest BCUT2D eigenvalue weighted by atomic mass is 9.73. The average Bonchev–Trinajstić information content (AvgIpc) is 2.94. The lowest BCUT2D eigenvalue weighted by Crippen LogP contribution is -2.49. The van der Waals surface area contributed by atoms with Gasteiger partial charge in [0.25, 0.3) is 0 Å². The Bertz CT molecular complexity index is 506. The van der Waals surface area contributed by atoms with Gasteiger partial charge in [0.05, 0.1) is 5.41 Å². The first kappa shape index (κ1) is 14.5. The number of hydrogen-bond donors (Lipinski definition) is 1. The van der Waals surface area contributed by atoms with Gasteiger partial charge < -0.3 is 15.4 Å². The topological polar surface area (TPSA) is 55.6 Å². The number of likely N-dealkylation sites (tertiary alicyclic amines) is 1. The van der Waals surface area contributed by atoms with Crippen molar-refractivity contribution in [3.8, 4) is 0 Å². The van der Waals surface area contributed by atoms with Gasteiger partial charge in [-0.15, -0.1) is 0 Å². The maximum Gasteiger partial charge on any atom is 0.233 e. The molecule has 2 fully saturated rings. The fraction of sp³-hybridized carbons (Fsp3) is 0.588. The molecule has 1 atom stereocenters. The molecule has 2 aliphatic rings. The van der Waals surface area contributed by atoms with Crippen molar-refractivity contribution in [1.82, 2.24) is 4.90 Å². The monoisotopic (exact) mass is 288 g/mol. The number of rotatable bonds is 2. The maximum atomic E-state index is 13.2. The molecule has 1 aromatic rings. The van der Waals surface area contributed by atoms with E-state index in [2.05, 4.69) is 31.2 Å². The lowest BCUT2D eigenvalue weighted by molar-refractivity contribution is -0.140. The standard InChI is InChI=1S/C17H24N2O2/c1-13-2-4-14(5-3-13)17(7-10-21-11-8-17)16(20)19-9-6-15(18)12-19/h2-5,15H,6-12,18H2,1H3. The molecule has 3 rings (SSSR count). The minimum absolute atomic E-state index is 0.129. The number of ether oxygens (including phenoxy) is 1. The Morgan fingerprint density at radius 1 is 1.29 bits per heavy atom. The minimum atomic E-state index is -0.421. The summed E-state index contributed by atoms with van der Waals surface area (Å²) >= 11 is 0. The number of aryl methyl sites for hydroxylation is 1. The second kappa shape index (κ2) is 5.78. The van der Waals surface area contributed by atoms with Crippen LogP contribution in [0.1, 0.15) is 30.4 Å². The first-order valence-corrected chi connectivity index (χ1v) is 7.82. The highest BCUT2D eigenvalue weighted by atomic mass is 16.5. The molecule has 2 heterocycles. The molecule has 1 amide bonds. The van der Waals surface area contributed by atoms with E-state index in [1.165, 1.54) is 5.56 Å². The highest BCUT2D eigenvalue weighted by Crippen LogP contribution is 2.37. The summed E-state index contributed by atoms with van der Waals surface area (Å²) in [6, 6.07) is 8.53. The summed E-state index contributed by atoms with van der Waals surface area (Å²) in [5, 5.41) is 0. The Morgan fingerprint density at radius 3 is 2.52 bits per heavy atom. The van der Waals surface area contributed by atoms with Gasteiger partial charge >= 0.3 is 0 Å². The molecular formula is C17H24N2O2. The zero-order chi connectivity index (χ0) is 14.9. The second-order valence-corrected chi connectivity index (χ2v) is 6.36. The smallest absolute Gasteiger partial charge is 0.233 e. The molecule has 0 aliphatic carbocycles. The van der Waals surface area contributed by atoms with Crippen molar-refractivity contribution >= 4 is 5.91 Å². The van der Waals surface area contributed by atoms with Gasteiger partial charge in [0.1, 0.15) is 0 Å². The molecule has 2 saturated heterocycles. The van der Waals surface area contributed by atoms with Crippen LogP contribution in [-0.4, -0.2) is 43.2 Å². The molecule has 2 N–H and O–H groups in total. The van der Waals surface area contributed by atoms with Gasteiger partial charge in [0.2, 0.25) is 5.91 Å². The fourth-order valence-corrected chi connectivity index (χ4v) is 3.49. The zero-order valence-corrected chi connectivity index (χ0v) is 12.7. The third-order valence-corrected chi connectivity index (χ3v) is 4.87. The van der Waals surface area contributed by atoms with Crippen molar-refractivity contribution in [3.05, 3.63) is 35.4 Å². The summed E-state index contributed by atoms with van der Waals surface area (Å²) in [5.74, 6) is 0.239. The number of carbonyl (C=O) groups is 1. The van der Waals surface area contributed by atoms with Crippen LogP contribution in [0.5, 0.6) is 0 Å². The Kier molecular flexibility index (Phi) is 4.00. The molecule has 114 valence electrons. The van der Waals surface area contributed by atoms with Crippen LogP contribution in [-0.2, 0) is 14.9 Å². The molecule has 2 aliphatic heterocycles. The number of nitrogens with zero attached hydrogens (tertiary/aromatic N) is 1. The molecule has 0 saturated carbocycles. The average molecular weight is 288 g/mol. The van der Waals surface area contributed by atoms with E-state index in [1.807, 2.05) is 4.90 Å². The normalized spacial score (nSPS) is 25.0. The van der Waals surface area contributed by atoms with Gasteiger partial charge in [-0.1, -0.05) is 29.8 Å². The molecule has 4 nitrogen and oxygen atoms in total. The summed E-state index contributed by atoms with van der Waals surface area (Å²) in [4.78, 5) is 15.1. The van der Waals surface area contributed by atoms with E-state index in [4.69, 9.17) is 10.5 Å². The quantitative estimate of drug-likeness (QED) is 0.899. The predicted molar refractivity (Wildman–Crippen MR) is 82.1 cm³/mol. The molecule has 0 aromatic heterocycles. The number of benzene rings is 1. The van der Waals surface area contributed by atoms with Crippen LogP contribution in [0, 0.1) is 6.92 Å². The van der Waals surface area contributed by atoms with Gasteiger partial charge in [-0.25, -0.2) is 0 Å². The third-order valence-electron chi connectivity index (χ3n) is 4.87. The number of amides is 1. The van der Waals surface area contributed by atoms with Crippen LogP contribution in [0.3, 0.4) is 0 Å². The molecular weight excluding hydrogens is 264 g/mol. The summed E-state index contributed by atoms with van der Waals surface area (Å²) < 4.78 is 5.51. The van der Waals surface area contributed by atoms with Crippen LogP contribution < -0.4 is 5.73 Å². The van der Waals surface area contributed by atoms with Gasteiger partial charge in [-0.3, -0.25) is 4.79 Å². The summed E-state index contributed by atoms with van der Waals surface area (Å²) in [6.45, 7) is 4.85. The zero-order valence-electron chi connectivity index (χ0n) is 12.7. The Hall–Kier alpha value is -1.39. The van der Waals surface area contributed by atoms with Crippen LogP contribution >= 0.6 is 0 Å². The largest absolute Gasteiger partial charge is 0.381 e. The van der Waals surface area contributed by atoms with E-state index < -0.39 is 5.41 Å². The maximum absolute atomic E-state index is 13.2. The highest BCUT2D eigenvalue weighted by molar-refractivity contribution is 5.88. The molecule has 0 bridgehead atoms.